The summed E-state index contributed by atoms with van der Waals surface area (Å²) in [6.45, 7) is 6.45. The summed E-state index contributed by atoms with van der Waals surface area (Å²) in [5.41, 5.74) is 9.91. The molecule has 0 saturated carbocycles. The second-order valence-electron chi connectivity index (χ2n) is 10.6. The van der Waals surface area contributed by atoms with Crippen LogP contribution in [-0.4, -0.2) is 68.0 Å². The molecule has 1 fully saturated rings. The molecule has 0 spiro atoms. The lowest BCUT2D eigenvalue weighted by Crippen LogP contribution is -2.36. The van der Waals surface area contributed by atoms with Crippen LogP contribution < -0.4 is 11.4 Å². The number of aromatic nitrogens is 4. The maximum absolute atomic E-state index is 13.5. The van der Waals surface area contributed by atoms with Gasteiger partial charge in [0.05, 0.1) is 28.8 Å². The van der Waals surface area contributed by atoms with Crippen LogP contribution >= 0.6 is 0 Å². The number of carbonyl (C=O) groups is 1. The zero-order chi connectivity index (χ0) is 27.9. The van der Waals surface area contributed by atoms with Gasteiger partial charge < -0.3 is 15.4 Å². The van der Waals surface area contributed by atoms with E-state index >= 15 is 0 Å². The number of rotatable bonds is 4. The van der Waals surface area contributed by atoms with Crippen molar-refractivity contribution in [3.63, 3.8) is 0 Å². The van der Waals surface area contributed by atoms with Gasteiger partial charge in [-0.3, -0.25) is 24.1 Å². The number of nitrogens with two attached hydrogens (primary N) is 1. The van der Waals surface area contributed by atoms with Crippen LogP contribution in [0.15, 0.2) is 57.5 Å². The highest BCUT2D eigenvalue weighted by Crippen LogP contribution is 2.32. The summed E-state index contributed by atoms with van der Waals surface area (Å²) in [7, 11) is 3.37. The Morgan fingerprint density at radius 3 is 2.62 bits per heavy atom. The van der Waals surface area contributed by atoms with Gasteiger partial charge in [0.15, 0.2) is 5.84 Å². The number of pyridine rings is 2. The largest absolute Gasteiger partial charge is 0.444 e. The molecule has 11 nitrogen and oxygen atoms in total. The van der Waals surface area contributed by atoms with Gasteiger partial charge in [-0.05, 0) is 51.0 Å². The number of imidazole rings is 1. The number of hydrogen-bond donors (Lipinski definition) is 1. The lowest BCUT2D eigenvalue weighted by atomic mass is 10.0. The fraction of sp³-hybridized carbons (Fsp3) is 0.357. The molecule has 0 radical (unpaired) electrons. The van der Waals surface area contributed by atoms with Crippen LogP contribution in [0, 0.1) is 0 Å². The molecule has 1 aliphatic rings. The number of ether oxygens (including phenoxy) is 1. The Morgan fingerprint density at radius 1 is 1.15 bits per heavy atom. The topological polar surface area (TPSA) is 133 Å². The van der Waals surface area contributed by atoms with E-state index in [0.29, 0.717) is 25.2 Å². The molecular formula is C28H32N8O3. The number of amidine groups is 1. The first-order valence-corrected chi connectivity index (χ1v) is 12.8. The summed E-state index contributed by atoms with van der Waals surface area (Å²) < 4.78 is 8.98. The summed E-state index contributed by atoms with van der Waals surface area (Å²) in [6, 6.07) is 9.50. The van der Waals surface area contributed by atoms with Gasteiger partial charge in [-0.15, -0.1) is 0 Å². The van der Waals surface area contributed by atoms with Crippen LogP contribution in [0.4, 0.5) is 4.79 Å². The molecule has 0 aliphatic carbocycles. The summed E-state index contributed by atoms with van der Waals surface area (Å²) in [4.78, 5) is 44.8. The molecule has 1 aliphatic heterocycles. The lowest BCUT2D eigenvalue weighted by molar-refractivity contribution is 0.0289. The second-order valence-corrected chi connectivity index (χ2v) is 10.6. The average Bonchev–Trinajstić information content (AvgIpc) is 3.49. The van der Waals surface area contributed by atoms with Gasteiger partial charge in [-0.25, -0.2) is 14.6 Å². The normalized spacial score (nSPS) is 16.6. The van der Waals surface area contributed by atoms with Gasteiger partial charge in [-0.2, -0.15) is 0 Å². The number of aryl methyl sites for hydroxylation is 1. The predicted octanol–water partition coefficient (Wildman–Crippen LogP) is 3.50. The van der Waals surface area contributed by atoms with E-state index in [-0.39, 0.29) is 23.7 Å². The first kappa shape index (κ1) is 26.1. The Bertz CT molecular complexity index is 1680. The van der Waals surface area contributed by atoms with E-state index in [9.17, 15) is 9.59 Å². The van der Waals surface area contributed by atoms with E-state index in [1.807, 2.05) is 51.1 Å². The molecule has 1 atom stereocenters. The Labute approximate surface area is 225 Å². The first-order chi connectivity index (χ1) is 18.6. The van der Waals surface area contributed by atoms with E-state index in [4.69, 9.17) is 10.5 Å². The van der Waals surface area contributed by atoms with Crippen molar-refractivity contribution in [1.82, 2.24) is 24.0 Å². The van der Waals surface area contributed by atoms with Crippen molar-refractivity contribution in [3.8, 4) is 11.1 Å². The van der Waals surface area contributed by atoms with Gasteiger partial charge in [-0.1, -0.05) is 12.1 Å². The number of amides is 1. The maximum atomic E-state index is 13.5. The minimum atomic E-state index is -0.584. The Morgan fingerprint density at radius 2 is 1.92 bits per heavy atom. The third kappa shape index (κ3) is 4.99. The lowest BCUT2D eigenvalue weighted by Gasteiger charge is -2.24. The van der Waals surface area contributed by atoms with Crippen LogP contribution in [0.5, 0.6) is 0 Å². The average molecular weight is 529 g/mol. The highest BCUT2D eigenvalue weighted by atomic mass is 16.6. The van der Waals surface area contributed by atoms with Crippen molar-refractivity contribution in [3.05, 3.63) is 58.9 Å². The minimum Gasteiger partial charge on any atom is -0.444 e. The van der Waals surface area contributed by atoms with E-state index < -0.39 is 5.60 Å². The molecule has 11 heteroatoms. The Kier molecular flexibility index (Phi) is 6.67. The van der Waals surface area contributed by atoms with Crippen LogP contribution in [0.1, 0.15) is 38.9 Å². The van der Waals surface area contributed by atoms with Gasteiger partial charge in [0, 0.05) is 44.3 Å². The molecule has 202 valence electrons. The fourth-order valence-electron chi connectivity index (χ4n) is 4.89. The molecule has 1 saturated heterocycles. The second kappa shape index (κ2) is 9.97. The Balaban J connectivity index is 1.56. The van der Waals surface area contributed by atoms with Gasteiger partial charge in [0.2, 0.25) is 0 Å². The molecule has 4 heterocycles. The quantitative estimate of drug-likeness (QED) is 0.318. The zero-order valence-electron chi connectivity index (χ0n) is 22.8. The summed E-state index contributed by atoms with van der Waals surface area (Å²) >= 11 is 0. The third-order valence-corrected chi connectivity index (χ3v) is 6.77. The highest BCUT2D eigenvalue weighted by Gasteiger charge is 2.33. The molecule has 2 N–H and O–H groups in total. The van der Waals surface area contributed by atoms with Gasteiger partial charge in [0.1, 0.15) is 17.6 Å². The van der Waals surface area contributed by atoms with Crippen molar-refractivity contribution in [1.29, 1.82) is 0 Å². The van der Waals surface area contributed by atoms with Crippen LogP contribution in [0.2, 0.25) is 0 Å². The van der Waals surface area contributed by atoms with Gasteiger partial charge in [0.25, 0.3) is 0 Å². The van der Waals surface area contributed by atoms with E-state index in [2.05, 4.69) is 20.0 Å². The molecule has 39 heavy (non-hydrogen) atoms. The van der Waals surface area contributed by atoms with Crippen LogP contribution in [-0.2, 0) is 11.8 Å². The summed E-state index contributed by atoms with van der Waals surface area (Å²) in [5.74, 6) is 0.280. The number of likely N-dealkylation sites (tertiary alicyclic amines) is 1. The molecule has 0 bridgehead atoms. The number of carbonyl (C=O) groups excluding carboxylic acids is 1. The number of benzene rings is 1. The number of nitrogens with zero attached hydrogens (tertiary/aromatic N) is 7. The van der Waals surface area contributed by atoms with E-state index in [1.54, 1.807) is 40.5 Å². The monoisotopic (exact) mass is 528 g/mol. The molecule has 1 aromatic carbocycles. The first-order valence-electron chi connectivity index (χ1n) is 12.8. The maximum Gasteiger partial charge on any atom is 0.410 e. The van der Waals surface area contributed by atoms with E-state index in [1.165, 1.54) is 6.34 Å². The van der Waals surface area contributed by atoms with Crippen molar-refractivity contribution in [2.24, 2.45) is 22.8 Å². The smallest absolute Gasteiger partial charge is 0.410 e. The summed E-state index contributed by atoms with van der Waals surface area (Å²) in [6.07, 6.45) is 5.13. The molecule has 4 aromatic rings. The minimum absolute atomic E-state index is 0.142. The molecule has 1 amide bonds. The van der Waals surface area contributed by atoms with Crippen LogP contribution in [0.25, 0.3) is 33.1 Å². The number of aliphatic imine (C=N–C) groups is 2. The van der Waals surface area contributed by atoms with Crippen molar-refractivity contribution in [2.75, 3.05) is 20.1 Å². The predicted molar refractivity (Wildman–Crippen MR) is 152 cm³/mol. The van der Waals surface area contributed by atoms with Crippen LogP contribution in [0.3, 0.4) is 0 Å². The number of fused-ring (bicyclic) bond motifs is 3. The van der Waals surface area contributed by atoms with Gasteiger partial charge >= 0.3 is 11.8 Å². The van der Waals surface area contributed by atoms with Crippen molar-refractivity contribution < 1.29 is 9.53 Å². The Hall–Kier alpha value is -4.54. The standard InChI is InChI=1S/C28H32N8O3/c1-28(2,3)39-27(38)35-11-10-19(15-35)36-24-20-12-17(6-8-21(20)32-14-23(24)34(5)26(36)37)18-7-9-22(31-13-18)25(29)33-16-30-4/h6-9,12-14,16,19H,10-11,15H2,1-5H3,(H2,29,30,33). The zero-order valence-corrected chi connectivity index (χ0v) is 22.8. The third-order valence-electron chi connectivity index (χ3n) is 6.77. The summed E-state index contributed by atoms with van der Waals surface area (Å²) in [5, 5.41) is 0.850. The molecule has 3 aromatic heterocycles. The number of hydrogen-bond acceptors (Lipinski definition) is 6. The van der Waals surface area contributed by atoms with Crippen molar-refractivity contribution >= 4 is 40.2 Å². The van der Waals surface area contributed by atoms with E-state index in [0.717, 1.165) is 33.1 Å². The highest BCUT2D eigenvalue weighted by molar-refractivity contribution is 6.04. The molecular weight excluding hydrogens is 496 g/mol. The van der Waals surface area contributed by atoms with Crippen molar-refractivity contribution in [2.45, 2.75) is 38.8 Å². The molecule has 5 rings (SSSR count). The SMILES string of the molecule is CN=CN=C(N)c1ccc(-c2ccc3ncc4c(c3c2)n(C2CCN(C(=O)OC(C)(C)C)C2)c(=O)n4C)cn1. The fourth-order valence-corrected chi connectivity index (χ4v) is 4.89. The molecule has 1 unspecified atom stereocenters.